The second-order valence-corrected chi connectivity index (χ2v) is 4.19. The maximum absolute atomic E-state index is 5.09. The highest BCUT2D eigenvalue weighted by Gasteiger charge is 2.19. The highest BCUT2D eigenvalue weighted by molar-refractivity contribution is 5.02. The Labute approximate surface area is 90.4 Å². The molecule has 1 aliphatic carbocycles. The molecule has 15 heavy (non-hydrogen) atoms. The Morgan fingerprint density at radius 1 is 1.47 bits per heavy atom. The molecular weight excluding hydrogens is 190 g/mol. The van der Waals surface area contributed by atoms with E-state index in [9.17, 15) is 0 Å². The monoisotopic (exact) mass is 209 g/mol. The lowest BCUT2D eigenvalue weighted by Crippen LogP contribution is -2.22. The van der Waals surface area contributed by atoms with Crippen LogP contribution >= 0.6 is 0 Å². The molecule has 1 fully saturated rings. The Hall–Kier alpha value is -0.870. The Bertz CT molecular complexity index is 294. The van der Waals surface area contributed by atoms with Crippen molar-refractivity contribution in [1.29, 1.82) is 0 Å². The summed E-state index contributed by atoms with van der Waals surface area (Å²) >= 11 is 0. The average Bonchev–Trinajstić information content (AvgIpc) is 2.95. The van der Waals surface area contributed by atoms with Crippen LogP contribution in [0.15, 0.2) is 10.6 Å². The minimum absolute atomic E-state index is 0.782. The maximum atomic E-state index is 5.09. The summed E-state index contributed by atoms with van der Waals surface area (Å²) in [5, 5.41) is 10.7. The van der Waals surface area contributed by atoms with Crippen molar-refractivity contribution < 1.29 is 4.52 Å². The molecule has 0 unspecified atom stereocenters. The summed E-state index contributed by atoms with van der Waals surface area (Å²) < 4.78 is 5.09. The molecule has 4 nitrogen and oxygen atoms in total. The predicted molar refractivity (Wildman–Crippen MR) is 58.6 cm³/mol. The van der Waals surface area contributed by atoms with Gasteiger partial charge in [0.15, 0.2) is 5.76 Å². The molecule has 1 aliphatic rings. The summed E-state index contributed by atoms with van der Waals surface area (Å²) in [5.41, 5.74) is 0.946. The lowest BCUT2D eigenvalue weighted by atomic mass is 10.3. The zero-order valence-electron chi connectivity index (χ0n) is 9.25. The molecule has 0 aliphatic heterocycles. The van der Waals surface area contributed by atoms with Crippen LogP contribution in [0.1, 0.15) is 30.7 Å². The first-order valence-corrected chi connectivity index (χ1v) is 5.71. The molecule has 84 valence electrons. The van der Waals surface area contributed by atoms with E-state index < -0.39 is 0 Å². The van der Waals surface area contributed by atoms with Gasteiger partial charge in [-0.05, 0) is 39.3 Å². The number of nitrogens with one attached hydrogen (secondary N) is 2. The maximum Gasteiger partial charge on any atom is 0.150 e. The van der Waals surface area contributed by atoms with E-state index in [1.54, 1.807) is 0 Å². The number of aryl methyl sites for hydroxylation is 1. The van der Waals surface area contributed by atoms with Gasteiger partial charge in [0.2, 0.25) is 0 Å². The highest BCUT2D eigenvalue weighted by atomic mass is 16.5. The fourth-order valence-corrected chi connectivity index (χ4v) is 1.52. The SMILES string of the molecule is Cc1cc(CNCCCNC2CC2)on1. The van der Waals surface area contributed by atoms with Crippen LogP contribution in [0.3, 0.4) is 0 Å². The predicted octanol–water partition coefficient (Wildman–Crippen LogP) is 1.21. The van der Waals surface area contributed by atoms with Crippen LogP contribution in [-0.4, -0.2) is 24.3 Å². The summed E-state index contributed by atoms with van der Waals surface area (Å²) in [4.78, 5) is 0. The van der Waals surface area contributed by atoms with Crippen LogP contribution in [0.2, 0.25) is 0 Å². The lowest BCUT2D eigenvalue weighted by Gasteiger charge is -2.03. The molecule has 1 aromatic rings. The van der Waals surface area contributed by atoms with Gasteiger partial charge < -0.3 is 15.2 Å². The van der Waals surface area contributed by atoms with Gasteiger partial charge in [-0.15, -0.1) is 0 Å². The zero-order valence-corrected chi connectivity index (χ0v) is 9.25. The van der Waals surface area contributed by atoms with Crippen molar-refractivity contribution in [2.24, 2.45) is 0 Å². The van der Waals surface area contributed by atoms with Crippen molar-refractivity contribution in [3.8, 4) is 0 Å². The van der Waals surface area contributed by atoms with E-state index in [0.717, 1.165) is 37.1 Å². The quantitative estimate of drug-likeness (QED) is 0.663. The molecule has 0 aromatic carbocycles. The van der Waals surface area contributed by atoms with Crippen LogP contribution in [0.5, 0.6) is 0 Å². The summed E-state index contributed by atoms with van der Waals surface area (Å²) in [6.07, 6.45) is 3.90. The number of aromatic nitrogens is 1. The molecular formula is C11H19N3O. The summed E-state index contributed by atoms with van der Waals surface area (Å²) in [5.74, 6) is 0.919. The van der Waals surface area contributed by atoms with Crippen molar-refractivity contribution in [2.45, 2.75) is 38.8 Å². The van der Waals surface area contributed by atoms with Crippen molar-refractivity contribution in [3.63, 3.8) is 0 Å². The topological polar surface area (TPSA) is 50.1 Å². The van der Waals surface area contributed by atoms with Gasteiger partial charge in [0.05, 0.1) is 12.2 Å². The van der Waals surface area contributed by atoms with E-state index in [-0.39, 0.29) is 0 Å². The van der Waals surface area contributed by atoms with Crippen molar-refractivity contribution in [3.05, 3.63) is 17.5 Å². The van der Waals surface area contributed by atoms with Crippen LogP contribution in [-0.2, 0) is 6.54 Å². The molecule has 0 saturated heterocycles. The minimum Gasteiger partial charge on any atom is -0.360 e. The van der Waals surface area contributed by atoms with Gasteiger partial charge in [-0.2, -0.15) is 0 Å². The van der Waals surface area contributed by atoms with Gasteiger partial charge >= 0.3 is 0 Å². The van der Waals surface area contributed by atoms with Crippen LogP contribution in [0.4, 0.5) is 0 Å². The normalized spacial score (nSPS) is 15.8. The fourth-order valence-electron chi connectivity index (χ4n) is 1.52. The molecule has 1 aromatic heterocycles. The zero-order chi connectivity index (χ0) is 10.5. The van der Waals surface area contributed by atoms with Gasteiger partial charge in [-0.3, -0.25) is 0 Å². The summed E-state index contributed by atoms with van der Waals surface area (Å²) in [6.45, 7) is 4.86. The largest absolute Gasteiger partial charge is 0.360 e. The molecule has 1 heterocycles. The smallest absolute Gasteiger partial charge is 0.150 e. The second kappa shape index (κ2) is 5.28. The molecule has 2 N–H and O–H groups in total. The van der Waals surface area contributed by atoms with E-state index >= 15 is 0 Å². The second-order valence-electron chi connectivity index (χ2n) is 4.19. The third-order valence-electron chi connectivity index (χ3n) is 2.52. The third kappa shape index (κ3) is 4.01. The molecule has 0 spiro atoms. The van der Waals surface area contributed by atoms with Gasteiger partial charge in [0.25, 0.3) is 0 Å². The number of rotatable bonds is 7. The number of nitrogens with zero attached hydrogens (tertiary/aromatic N) is 1. The first-order chi connectivity index (χ1) is 7.34. The van der Waals surface area contributed by atoms with Gasteiger partial charge in [0.1, 0.15) is 0 Å². The first kappa shape index (κ1) is 10.6. The number of hydrogen-bond donors (Lipinski definition) is 2. The first-order valence-electron chi connectivity index (χ1n) is 5.71. The lowest BCUT2D eigenvalue weighted by molar-refractivity contribution is 0.369. The van der Waals surface area contributed by atoms with Gasteiger partial charge in [-0.1, -0.05) is 5.16 Å². The molecule has 4 heteroatoms. The molecule has 2 rings (SSSR count). The average molecular weight is 209 g/mol. The Kier molecular flexibility index (Phi) is 3.75. The van der Waals surface area contributed by atoms with E-state index in [1.807, 2.05) is 13.0 Å². The molecule has 0 atom stereocenters. The number of hydrogen-bond acceptors (Lipinski definition) is 4. The molecule has 0 amide bonds. The van der Waals surface area contributed by atoms with Crippen molar-refractivity contribution >= 4 is 0 Å². The summed E-state index contributed by atoms with van der Waals surface area (Å²) in [6, 6.07) is 2.79. The van der Waals surface area contributed by atoms with E-state index in [2.05, 4.69) is 15.8 Å². The van der Waals surface area contributed by atoms with Crippen molar-refractivity contribution in [2.75, 3.05) is 13.1 Å². The standard InChI is InChI=1S/C11H19N3O/c1-9-7-11(15-14-9)8-12-5-2-6-13-10-3-4-10/h7,10,12-13H,2-6,8H2,1H3. The Balaban J connectivity index is 1.47. The van der Waals surface area contributed by atoms with E-state index in [0.29, 0.717) is 0 Å². The Morgan fingerprint density at radius 3 is 3.00 bits per heavy atom. The molecule has 0 bridgehead atoms. The fraction of sp³-hybridized carbons (Fsp3) is 0.727. The van der Waals surface area contributed by atoms with Crippen LogP contribution in [0.25, 0.3) is 0 Å². The van der Waals surface area contributed by atoms with E-state index in [4.69, 9.17) is 4.52 Å². The molecule has 1 saturated carbocycles. The summed E-state index contributed by atoms with van der Waals surface area (Å²) in [7, 11) is 0. The third-order valence-corrected chi connectivity index (χ3v) is 2.52. The Morgan fingerprint density at radius 2 is 2.33 bits per heavy atom. The highest BCUT2D eigenvalue weighted by Crippen LogP contribution is 2.18. The van der Waals surface area contributed by atoms with Crippen LogP contribution in [0, 0.1) is 6.92 Å². The van der Waals surface area contributed by atoms with Crippen LogP contribution < -0.4 is 10.6 Å². The van der Waals surface area contributed by atoms with Gasteiger partial charge in [0, 0.05) is 12.1 Å². The molecule has 0 radical (unpaired) electrons. The minimum atomic E-state index is 0.782. The van der Waals surface area contributed by atoms with E-state index in [1.165, 1.54) is 19.3 Å². The van der Waals surface area contributed by atoms with Crippen molar-refractivity contribution in [1.82, 2.24) is 15.8 Å². The van der Waals surface area contributed by atoms with Gasteiger partial charge in [-0.25, -0.2) is 0 Å².